The second-order valence-electron chi connectivity index (χ2n) is 5.06. The lowest BCUT2D eigenvalue weighted by molar-refractivity contribution is -0.116. The molecule has 0 bridgehead atoms. The standard InChI is InChI=1S/C18H20ClNO2/c1-3-13-4-6-14(7-5-13)8-11-18(21)20-16-12-15(19)9-10-17(16)22-2/h4-7,9-10,12H,3,8,11H2,1-2H3,(H,20,21). The molecule has 4 heteroatoms. The molecule has 0 aliphatic rings. The normalized spacial score (nSPS) is 10.3. The van der Waals surface area contributed by atoms with Crippen molar-refractivity contribution >= 4 is 23.2 Å². The fourth-order valence-electron chi connectivity index (χ4n) is 2.19. The average Bonchev–Trinajstić information content (AvgIpc) is 2.53. The minimum Gasteiger partial charge on any atom is -0.495 e. The van der Waals surface area contributed by atoms with Crippen LogP contribution in [-0.2, 0) is 17.6 Å². The number of rotatable bonds is 6. The number of halogens is 1. The Morgan fingerprint density at radius 1 is 1.14 bits per heavy atom. The number of aryl methyl sites for hydroxylation is 2. The smallest absolute Gasteiger partial charge is 0.224 e. The van der Waals surface area contributed by atoms with Crippen molar-refractivity contribution < 1.29 is 9.53 Å². The van der Waals surface area contributed by atoms with Crippen LogP contribution in [0.25, 0.3) is 0 Å². The van der Waals surface area contributed by atoms with Gasteiger partial charge in [-0.25, -0.2) is 0 Å². The van der Waals surface area contributed by atoms with Gasteiger partial charge in [0.25, 0.3) is 0 Å². The SMILES string of the molecule is CCc1ccc(CCC(=O)Nc2cc(Cl)ccc2OC)cc1. The van der Waals surface area contributed by atoms with Crippen molar-refractivity contribution in [1.29, 1.82) is 0 Å². The van der Waals surface area contributed by atoms with Crippen molar-refractivity contribution in [2.45, 2.75) is 26.2 Å². The Bertz CT molecular complexity index is 638. The van der Waals surface area contributed by atoms with Crippen LogP contribution in [0.3, 0.4) is 0 Å². The molecule has 2 rings (SSSR count). The van der Waals surface area contributed by atoms with E-state index in [-0.39, 0.29) is 5.91 Å². The van der Waals surface area contributed by atoms with Crippen molar-refractivity contribution in [2.75, 3.05) is 12.4 Å². The summed E-state index contributed by atoms with van der Waals surface area (Å²) < 4.78 is 5.22. The van der Waals surface area contributed by atoms with Crippen LogP contribution in [0.5, 0.6) is 5.75 Å². The van der Waals surface area contributed by atoms with Crippen molar-refractivity contribution in [3.63, 3.8) is 0 Å². The number of hydrogen-bond donors (Lipinski definition) is 1. The number of carbonyl (C=O) groups is 1. The Balaban J connectivity index is 1.94. The highest BCUT2D eigenvalue weighted by Gasteiger charge is 2.08. The van der Waals surface area contributed by atoms with Crippen LogP contribution >= 0.6 is 11.6 Å². The topological polar surface area (TPSA) is 38.3 Å². The molecule has 0 fully saturated rings. The average molecular weight is 318 g/mol. The van der Waals surface area contributed by atoms with Crippen LogP contribution in [0.2, 0.25) is 5.02 Å². The number of amides is 1. The maximum absolute atomic E-state index is 12.1. The van der Waals surface area contributed by atoms with Crippen LogP contribution < -0.4 is 10.1 Å². The Hall–Kier alpha value is -2.00. The van der Waals surface area contributed by atoms with E-state index < -0.39 is 0 Å². The largest absolute Gasteiger partial charge is 0.495 e. The molecule has 0 heterocycles. The van der Waals surface area contributed by atoms with Gasteiger partial charge in [0, 0.05) is 11.4 Å². The zero-order valence-corrected chi connectivity index (χ0v) is 13.6. The monoisotopic (exact) mass is 317 g/mol. The highest BCUT2D eigenvalue weighted by atomic mass is 35.5. The molecule has 2 aromatic carbocycles. The van der Waals surface area contributed by atoms with Crippen molar-refractivity contribution in [3.05, 3.63) is 58.6 Å². The first kappa shape index (κ1) is 16.4. The third kappa shape index (κ3) is 4.50. The third-order valence-corrected chi connectivity index (χ3v) is 3.74. The van der Waals surface area contributed by atoms with Gasteiger partial charge < -0.3 is 10.1 Å². The number of hydrogen-bond acceptors (Lipinski definition) is 2. The van der Waals surface area contributed by atoms with E-state index in [1.165, 1.54) is 5.56 Å². The van der Waals surface area contributed by atoms with E-state index in [0.717, 1.165) is 12.0 Å². The fraction of sp³-hybridized carbons (Fsp3) is 0.278. The van der Waals surface area contributed by atoms with E-state index in [0.29, 0.717) is 29.3 Å². The van der Waals surface area contributed by atoms with Gasteiger partial charge in [-0.2, -0.15) is 0 Å². The summed E-state index contributed by atoms with van der Waals surface area (Å²) in [5.74, 6) is 0.546. The van der Waals surface area contributed by atoms with Crippen molar-refractivity contribution in [3.8, 4) is 5.75 Å². The summed E-state index contributed by atoms with van der Waals surface area (Å²) in [5.41, 5.74) is 3.06. The molecule has 2 aromatic rings. The first-order chi connectivity index (χ1) is 10.6. The second-order valence-corrected chi connectivity index (χ2v) is 5.50. The summed E-state index contributed by atoms with van der Waals surface area (Å²) in [7, 11) is 1.56. The van der Waals surface area contributed by atoms with Gasteiger partial charge in [0.1, 0.15) is 5.75 Å². The van der Waals surface area contributed by atoms with E-state index in [4.69, 9.17) is 16.3 Å². The molecule has 0 aromatic heterocycles. The van der Waals surface area contributed by atoms with Gasteiger partial charge in [0.05, 0.1) is 12.8 Å². The van der Waals surface area contributed by atoms with Crippen LogP contribution in [0.4, 0.5) is 5.69 Å². The lowest BCUT2D eigenvalue weighted by Crippen LogP contribution is -2.13. The lowest BCUT2D eigenvalue weighted by Gasteiger charge is -2.10. The summed E-state index contributed by atoms with van der Waals surface area (Å²) >= 11 is 5.95. The zero-order valence-electron chi connectivity index (χ0n) is 12.9. The zero-order chi connectivity index (χ0) is 15.9. The highest BCUT2D eigenvalue weighted by Crippen LogP contribution is 2.27. The molecular formula is C18H20ClNO2. The van der Waals surface area contributed by atoms with E-state index in [2.05, 4.69) is 36.5 Å². The number of anilines is 1. The Morgan fingerprint density at radius 3 is 2.45 bits per heavy atom. The van der Waals surface area contributed by atoms with Crippen LogP contribution in [0, 0.1) is 0 Å². The maximum Gasteiger partial charge on any atom is 0.224 e. The minimum atomic E-state index is -0.0554. The molecule has 0 saturated carbocycles. The molecule has 1 amide bonds. The second kappa shape index (κ2) is 7.85. The van der Waals surface area contributed by atoms with Gasteiger partial charge in [0.2, 0.25) is 5.91 Å². The molecule has 0 spiro atoms. The van der Waals surface area contributed by atoms with Gasteiger partial charge in [-0.05, 0) is 42.2 Å². The minimum absolute atomic E-state index is 0.0554. The quantitative estimate of drug-likeness (QED) is 0.853. The van der Waals surface area contributed by atoms with Gasteiger partial charge in [0.15, 0.2) is 0 Å². The van der Waals surface area contributed by atoms with Crippen LogP contribution in [0.1, 0.15) is 24.5 Å². The molecule has 116 valence electrons. The van der Waals surface area contributed by atoms with Gasteiger partial charge in [-0.3, -0.25) is 4.79 Å². The Morgan fingerprint density at radius 2 is 1.82 bits per heavy atom. The molecule has 0 saturated heterocycles. The number of benzene rings is 2. The summed E-state index contributed by atoms with van der Waals surface area (Å²) in [4.78, 5) is 12.1. The molecule has 0 aliphatic heterocycles. The number of carbonyl (C=O) groups excluding carboxylic acids is 1. The summed E-state index contributed by atoms with van der Waals surface area (Å²) in [6.45, 7) is 2.13. The molecule has 0 atom stereocenters. The van der Waals surface area contributed by atoms with Gasteiger partial charge in [-0.1, -0.05) is 42.8 Å². The lowest BCUT2D eigenvalue weighted by atomic mass is 10.1. The molecular weight excluding hydrogens is 298 g/mol. The van der Waals surface area contributed by atoms with Crippen molar-refractivity contribution in [2.24, 2.45) is 0 Å². The molecule has 0 radical (unpaired) electrons. The predicted molar refractivity (Wildman–Crippen MR) is 90.8 cm³/mol. The Labute approximate surface area is 136 Å². The first-order valence-electron chi connectivity index (χ1n) is 7.33. The van der Waals surface area contributed by atoms with Gasteiger partial charge >= 0.3 is 0 Å². The summed E-state index contributed by atoms with van der Waals surface area (Å²) in [6.07, 6.45) is 2.15. The Kier molecular flexibility index (Phi) is 5.84. The molecule has 0 aliphatic carbocycles. The van der Waals surface area contributed by atoms with Crippen LogP contribution in [-0.4, -0.2) is 13.0 Å². The van der Waals surface area contributed by atoms with Crippen molar-refractivity contribution in [1.82, 2.24) is 0 Å². The third-order valence-electron chi connectivity index (χ3n) is 3.51. The number of ether oxygens (including phenoxy) is 1. The summed E-state index contributed by atoms with van der Waals surface area (Å²) in [6, 6.07) is 13.5. The molecule has 22 heavy (non-hydrogen) atoms. The fourth-order valence-corrected chi connectivity index (χ4v) is 2.36. The first-order valence-corrected chi connectivity index (χ1v) is 7.71. The predicted octanol–water partition coefficient (Wildman–Crippen LogP) is 4.48. The van der Waals surface area contributed by atoms with Crippen LogP contribution in [0.15, 0.2) is 42.5 Å². The summed E-state index contributed by atoms with van der Waals surface area (Å²) in [5, 5.41) is 3.41. The van der Waals surface area contributed by atoms with E-state index in [1.807, 2.05) is 0 Å². The highest BCUT2D eigenvalue weighted by molar-refractivity contribution is 6.31. The van der Waals surface area contributed by atoms with E-state index in [1.54, 1.807) is 25.3 Å². The molecule has 1 N–H and O–H groups in total. The van der Waals surface area contributed by atoms with E-state index >= 15 is 0 Å². The van der Waals surface area contributed by atoms with Gasteiger partial charge in [-0.15, -0.1) is 0 Å². The number of methoxy groups -OCH3 is 1. The van der Waals surface area contributed by atoms with E-state index in [9.17, 15) is 4.79 Å². The molecule has 3 nitrogen and oxygen atoms in total. The maximum atomic E-state index is 12.1. The molecule has 0 unspecified atom stereocenters. The number of nitrogens with one attached hydrogen (secondary N) is 1.